The highest BCUT2D eigenvalue weighted by Gasteiger charge is 2.08. The molecule has 0 unspecified atom stereocenters. The molecule has 7 nitrogen and oxygen atoms in total. The Morgan fingerprint density at radius 3 is 2.31 bits per heavy atom. The highest BCUT2D eigenvalue weighted by Crippen LogP contribution is 2.23. The van der Waals surface area contributed by atoms with Crippen molar-refractivity contribution in [1.82, 2.24) is 14.9 Å². The summed E-state index contributed by atoms with van der Waals surface area (Å²) in [7, 11) is 4.07. The molecule has 1 heterocycles. The molecule has 7 heteroatoms. The molecular formula is C22H26N6O. The summed E-state index contributed by atoms with van der Waals surface area (Å²) in [6, 6.07) is 19.4. The van der Waals surface area contributed by atoms with Crippen LogP contribution in [-0.2, 0) is 4.79 Å². The molecule has 0 bridgehead atoms. The third-order valence-corrected chi connectivity index (χ3v) is 4.12. The van der Waals surface area contributed by atoms with Gasteiger partial charge in [-0.2, -0.15) is 4.98 Å². The lowest BCUT2D eigenvalue weighted by Crippen LogP contribution is -2.21. The Bertz CT molecular complexity index is 941. The summed E-state index contributed by atoms with van der Waals surface area (Å²) < 4.78 is 0. The van der Waals surface area contributed by atoms with Crippen LogP contribution in [0.5, 0.6) is 0 Å². The van der Waals surface area contributed by atoms with E-state index in [4.69, 9.17) is 0 Å². The van der Waals surface area contributed by atoms with Crippen molar-refractivity contribution < 1.29 is 4.79 Å². The van der Waals surface area contributed by atoms with E-state index in [1.165, 1.54) is 6.92 Å². The number of hydrogen-bond acceptors (Lipinski definition) is 6. The molecule has 0 aliphatic heterocycles. The Hall–Kier alpha value is -3.45. The van der Waals surface area contributed by atoms with Gasteiger partial charge in [-0.05, 0) is 38.4 Å². The molecule has 0 aliphatic carbocycles. The first kappa shape index (κ1) is 20.3. The van der Waals surface area contributed by atoms with Crippen molar-refractivity contribution in [3.05, 3.63) is 60.7 Å². The Kier molecular flexibility index (Phi) is 6.76. The monoisotopic (exact) mass is 390 g/mol. The fraction of sp³-hybridized carbons (Fsp3) is 0.227. The van der Waals surface area contributed by atoms with Crippen LogP contribution in [0.15, 0.2) is 60.7 Å². The van der Waals surface area contributed by atoms with Crippen molar-refractivity contribution in [3.63, 3.8) is 0 Å². The van der Waals surface area contributed by atoms with E-state index in [0.717, 1.165) is 41.5 Å². The lowest BCUT2D eigenvalue weighted by atomic mass is 10.1. The van der Waals surface area contributed by atoms with E-state index in [9.17, 15) is 4.79 Å². The standard InChI is InChI=1S/C22H26N6O/c1-16(29)24-18-9-11-19(12-10-18)25-22-26-20(17-7-5-4-6-8-17)15-21(27-22)23-13-14-28(2)3/h4-12,15H,13-14H2,1-3H3,(H,24,29)(H2,23,25,26,27). The fourth-order valence-corrected chi connectivity index (χ4v) is 2.73. The van der Waals surface area contributed by atoms with Crippen LogP contribution in [-0.4, -0.2) is 48.0 Å². The van der Waals surface area contributed by atoms with Crippen LogP contribution in [0.4, 0.5) is 23.1 Å². The van der Waals surface area contributed by atoms with Gasteiger partial charge in [0.05, 0.1) is 5.69 Å². The zero-order valence-electron chi connectivity index (χ0n) is 16.9. The summed E-state index contributed by atoms with van der Waals surface area (Å²) in [6.45, 7) is 3.17. The van der Waals surface area contributed by atoms with Crippen molar-refractivity contribution in [2.75, 3.05) is 43.1 Å². The predicted octanol–water partition coefficient (Wildman–Crippen LogP) is 3.82. The second-order valence-corrected chi connectivity index (χ2v) is 6.94. The average molecular weight is 390 g/mol. The van der Waals surface area contributed by atoms with Gasteiger partial charge in [-0.25, -0.2) is 4.98 Å². The van der Waals surface area contributed by atoms with E-state index in [0.29, 0.717) is 5.95 Å². The lowest BCUT2D eigenvalue weighted by molar-refractivity contribution is -0.114. The SMILES string of the molecule is CC(=O)Nc1ccc(Nc2nc(NCCN(C)C)cc(-c3ccccc3)n2)cc1. The molecular weight excluding hydrogens is 364 g/mol. The van der Waals surface area contributed by atoms with Crippen molar-refractivity contribution in [2.24, 2.45) is 0 Å². The van der Waals surface area contributed by atoms with E-state index in [-0.39, 0.29) is 5.91 Å². The van der Waals surface area contributed by atoms with Crippen LogP contribution < -0.4 is 16.0 Å². The summed E-state index contributed by atoms with van der Waals surface area (Å²) in [4.78, 5) is 22.6. The van der Waals surface area contributed by atoms with Gasteiger partial charge in [0.25, 0.3) is 0 Å². The molecule has 150 valence electrons. The normalized spacial score (nSPS) is 10.6. The van der Waals surface area contributed by atoms with Crippen LogP contribution in [0.2, 0.25) is 0 Å². The number of nitrogens with one attached hydrogen (secondary N) is 3. The molecule has 0 spiro atoms. The molecule has 0 atom stereocenters. The highest BCUT2D eigenvalue weighted by molar-refractivity contribution is 5.88. The number of nitrogens with zero attached hydrogens (tertiary/aromatic N) is 3. The maximum Gasteiger partial charge on any atom is 0.229 e. The number of carbonyl (C=O) groups is 1. The molecule has 1 aromatic heterocycles. The Morgan fingerprint density at radius 2 is 1.66 bits per heavy atom. The number of aromatic nitrogens is 2. The number of carbonyl (C=O) groups excluding carboxylic acids is 1. The minimum atomic E-state index is -0.0990. The third-order valence-electron chi connectivity index (χ3n) is 4.12. The van der Waals surface area contributed by atoms with E-state index in [1.807, 2.05) is 74.8 Å². The molecule has 0 fully saturated rings. The molecule has 29 heavy (non-hydrogen) atoms. The van der Waals surface area contributed by atoms with Gasteiger partial charge in [0.1, 0.15) is 5.82 Å². The molecule has 1 amide bonds. The van der Waals surface area contributed by atoms with Crippen LogP contribution in [0.1, 0.15) is 6.92 Å². The topological polar surface area (TPSA) is 82.2 Å². The molecule has 0 saturated heterocycles. The Morgan fingerprint density at radius 1 is 0.966 bits per heavy atom. The largest absolute Gasteiger partial charge is 0.369 e. The lowest BCUT2D eigenvalue weighted by Gasteiger charge is -2.13. The zero-order chi connectivity index (χ0) is 20.6. The first-order chi connectivity index (χ1) is 14.0. The number of benzene rings is 2. The smallest absolute Gasteiger partial charge is 0.229 e. The van der Waals surface area contributed by atoms with Gasteiger partial charge in [0.15, 0.2) is 0 Å². The number of amides is 1. The van der Waals surface area contributed by atoms with E-state index < -0.39 is 0 Å². The van der Waals surface area contributed by atoms with Gasteiger partial charge in [-0.3, -0.25) is 4.79 Å². The van der Waals surface area contributed by atoms with Gasteiger partial charge >= 0.3 is 0 Å². The minimum absolute atomic E-state index is 0.0990. The molecule has 3 aromatic rings. The highest BCUT2D eigenvalue weighted by atomic mass is 16.1. The maximum atomic E-state index is 11.2. The number of anilines is 4. The summed E-state index contributed by atoms with van der Waals surface area (Å²) in [5.74, 6) is 1.17. The molecule has 0 radical (unpaired) electrons. The fourth-order valence-electron chi connectivity index (χ4n) is 2.73. The number of hydrogen-bond donors (Lipinski definition) is 3. The van der Waals surface area contributed by atoms with Crippen molar-refractivity contribution in [2.45, 2.75) is 6.92 Å². The van der Waals surface area contributed by atoms with E-state index >= 15 is 0 Å². The Balaban J connectivity index is 1.83. The van der Waals surface area contributed by atoms with Crippen molar-refractivity contribution in [3.8, 4) is 11.3 Å². The molecule has 2 aromatic carbocycles. The van der Waals surface area contributed by atoms with Gasteiger partial charge in [-0.1, -0.05) is 30.3 Å². The second kappa shape index (κ2) is 9.66. The van der Waals surface area contributed by atoms with Gasteiger partial charge in [-0.15, -0.1) is 0 Å². The average Bonchev–Trinajstić information content (AvgIpc) is 2.69. The molecule has 0 saturated carbocycles. The second-order valence-electron chi connectivity index (χ2n) is 6.94. The first-order valence-corrected chi connectivity index (χ1v) is 9.47. The third kappa shape index (κ3) is 6.29. The van der Waals surface area contributed by atoms with Crippen LogP contribution in [0, 0.1) is 0 Å². The molecule has 0 aliphatic rings. The number of rotatable bonds is 8. The van der Waals surface area contributed by atoms with Crippen LogP contribution in [0.3, 0.4) is 0 Å². The van der Waals surface area contributed by atoms with Gasteiger partial charge < -0.3 is 20.9 Å². The molecule has 3 rings (SSSR count). The van der Waals surface area contributed by atoms with Crippen molar-refractivity contribution >= 4 is 29.0 Å². The molecule has 3 N–H and O–H groups in total. The van der Waals surface area contributed by atoms with E-state index in [1.54, 1.807) is 0 Å². The van der Waals surface area contributed by atoms with E-state index in [2.05, 4.69) is 30.8 Å². The summed E-state index contributed by atoms with van der Waals surface area (Å²) in [6.07, 6.45) is 0. The van der Waals surface area contributed by atoms with Crippen molar-refractivity contribution in [1.29, 1.82) is 0 Å². The van der Waals surface area contributed by atoms with Gasteiger partial charge in [0, 0.05) is 43.0 Å². The summed E-state index contributed by atoms with van der Waals surface area (Å²) >= 11 is 0. The van der Waals surface area contributed by atoms with Crippen LogP contribution >= 0.6 is 0 Å². The zero-order valence-corrected chi connectivity index (χ0v) is 16.9. The minimum Gasteiger partial charge on any atom is -0.369 e. The predicted molar refractivity (Wildman–Crippen MR) is 119 cm³/mol. The number of likely N-dealkylation sites (N-methyl/N-ethyl adjacent to an activating group) is 1. The van der Waals surface area contributed by atoms with Crippen LogP contribution in [0.25, 0.3) is 11.3 Å². The quantitative estimate of drug-likeness (QED) is 0.542. The maximum absolute atomic E-state index is 11.2. The Labute approximate surface area is 171 Å². The van der Waals surface area contributed by atoms with Gasteiger partial charge in [0.2, 0.25) is 11.9 Å². The first-order valence-electron chi connectivity index (χ1n) is 9.47. The summed E-state index contributed by atoms with van der Waals surface area (Å²) in [5, 5.41) is 9.37. The summed E-state index contributed by atoms with van der Waals surface area (Å²) in [5.41, 5.74) is 3.44.